The van der Waals surface area contributed by atoms with Crippen LogP contribution in [0.1, 0.15) is 35.1 Å². The Morgan fingerprint density at radius 2 is 1.96 bits per heavy atom. The van der Waals surface area contributed by atoms with Crippen LogP contribution in [0, 0.1) is 6.92 Å². The van der Waals surface area contributed by atoms with E-state index in [0.717, 1.165) is 35.4 Å². The predicted octanol–water partition coefficient (Wildman–Crippen LogP) is 3.87. The van der Waals surface area contributed by atoms with Gasteiger partial charge in [-0.25, -0.2) is 4.98 Å². The first-order valence-corrected chi connectivity index (χ1v) is 7.92. The van der Waals surface area contributed by atoms with Crippen molar-refractivity contribution in [2.45, 2.75) is 26.7 Å². The van der Waals surface area contributed by atoms with E-state index in [9.17, 15) is 4.79 Å². The van der Waals surface area contributed by atoms with Crippen LogP contribution in [-0.2, 0) is 6.42 Å². The van der Waals surface area contributed by atoms with E-state index in [-0.39, 0.29) is 5.91 Å². The van der Waals surface area contributed by atoms with Crippen LogP contribution in [0.15, 0.2) is 48.7 Å². The maximum Gasteiger partial charge on any atom is 0.276 e. The van der Waals surface area contributed by atoms with Crippen LogP contribution in [-0.4, -0.2) is 22.3 Å². The number of rotatable bonds is 4. The number of nitrogens with zero attached hydrogens (tertiary/aromatic N) is 3. The summed E-state index contributed by atoms with van der Waals surface area (Å²) < 4.78 is 1.90. The third-order valence-electron chi connectivity index (χ3n) is 3.99. The quantitative estimate of drug-likeness (QED) is 0.734. The Hall–Kier alpha value is -2.62. The number of amides is 1. The largest absolute Gasteiger partial charge is 0.310 e. The Kier molecular flexibility index (Phi) is 4.15. The average Bonchev–Trinajstić information content (AvgIpc) is 2.91. The first kappa shape index (κ1) is 15.3. The van der Waals surface area contributed by atoms with Gasteiger partial charge in [0.1, 0.15) is 11.3 Å². The zero-order chi connectivity index (χ0) is 16.4. The summed E-state index contributed by atoms with van der Waals surface area (Å²) in [6, 6.07) is 13.7. The Labute approximate surface area is 136 Å². The Morgan fingerprint density at radius 3 is 2.65 bits per heavy atom. The highest BCUT2D eigenvalue weighted by atomic mass is 16.2. The van der Waals surface area contributed by atoms with E-state index in [0.29, 0.717) is 5.69 Å². The normalized spacial score (nSPS) is 10.9. The lowest BCUT2D eigenvalue weighted by atomic mass is 10.2. The Balaban J connectivity index is 2.10. The number of fused-ring (bicyclic) bond motifs is 1. The molecular weight excluding hydrogens is 286 g/mol. The minimum absolute atomic E-state index is 0.0315. The molecule has 2 aromatic heterocycles. The third kappa shape index (κ3) is 2.84. The summed E-state index contributed by atoms with van der Waals surface area (Å²) in [6.45, 7) is 4.14. The summed E-state index contributed by atoms with van der Waals surface area (Å²) in [7, 11) is 1.81. The molecule has 0 saturated heterocycles. The van der Waals surface area contributed by atoms with E-state index in [1.54, 1.807) is 11.9 Å². The van der Waals surface area contributed by atoms with Crippen LogP contribution in [0.2, 0.25) is 0 Å². The number of aryl methyl sites for hydroxylation is 2. The Bertz CT molecular complexity index is 836. The van der Waals surface area contributed by atoms with Gasteiger partial charge < -0.3 is 4.90 Å². The van der Waals surface area contributed by atoms with E-state index in [2.05, 4.69) is 11.9 Å². The van der Waals surface area contributed by atoms with Gasteiger partial charge in [0.2, 0.25) is 0 Å². The molecule has 23 heavy (non-hydrogen) atoms. The molecule has 1 amide bonds. The van der Waals surface area contributed by atoms with Crippen molar-refractivity contribution in [3.63, 3.8) is 0 Å². The van der Waals surface area contributed by atoms with Gasteiger partial charge in [0, 0.05) is 18.9 Å². The molecule has 0 aliphatic rings. The van der Waals surface area contributed by atoms with Gasteiger partial charge in [0.15, 0.2) is 0 Å². The molecule has 0 aliphatic carbocycles. The van der Waals surface area contributed by atoms with Crippen molar-refractivity contribution in [2.24, 2.45) is 0 Å². The summed E-state index contributed by atoms with van der Waals surface area (Å²) in [4.78, 5) is 19.4. The second kappa shape index (κ2) is 6.24. The smallest absolute Gasteiger partial charge is 0.276 e. The molecule has 2 heterocycles. The predicted molar refractivity (Wildman–Crippen MR) is 93.1 cm³/mol. The van der Waals surface area contributed by atoms with E-state index in [4.69, 9.17) is 0 Å². The molecule has 0 aliphatic heterocycles. The number of hydrogen-bond donors (Lipinski definition) is 0. The van der Waals surface area contributed by atoms with Gasteiger partial charge in [-0.05, 0) is 43.2 Å². The average molecular weight is 307 g/mol. The van der Waals surface area contributed by atoms with Crippen LogP contribution >= 0.6 is 0 Å². The first-order valence-electron chi connectivity index (χ1n) is 7.92. The molecule has 0 bridgehead atoms. The van der Waals surface area contributed by atoms with E-state index in [1.807, 2.05) is 60.0 Å². The van der Waals surface area contributed by atoms with Crippen LogP contribution in [0.25, 0.3) is 5.65 Å². The molecular formula is C19H21N3O. The number of carbonyl (C=O) groups is 1. The van der Waals surface area contributed by atoms with E-state index >= 15 is 0 Å². The third-order valence-corrected chi connectivity index (χ3v) is 3.99. The van der Waals surface area contributed by atoms with Gasteiger partial charge in [0.05, 0.1) is 5.69 Å². The van der Waals surface area contributed by atoms with Gasteiger partial charge in [-0.1, -0.05) is 31.5 Å². The summed E-state index contributed by atoms with van der Waals surface area (Å²) in [5, 5.41) is 0. The van der Waals surface area contributed by atoms with Crippen molar-refractivity contribution < 1.29 is 4.79 Å². The van der Waals surface area contributed by atoms with Crippen LogP contribution < -0.4 is 4.90 Å². The molecule has 4 heteroatoms. The van der Waals surface area contributed by atoms with Crippen LogP contribution in [0.5, 0.6) is 0 Å². The fourth-order valence-corrected chi connectivity index (χ4v) is 2.76. The molecule has 0 unspecified atom stereocenters. The number of para-hydroxylation sites is 1. The lowest BCUT2D eigenvalue weighted by Gasteiger charge is -2.17. The van der Waals surface area contributed by atoms with Gasteiger partial charge in [-0.2, -0.15) is 0 Å². The number of hydrogen-bond acceptors (Lipinski definition) is 2. The summed E-state index contributed by atoms with van der Waals surface area (Å²) >= 11 is 0. The lowest BCUT2D eigenvalue weighted by Crippen LogP contribution is -2.28. The maximum absolute atomic E-state index is 13.1. The molecule has 4 nitrogen and oxygen atoms in total. The van der Waals surface area contributed by atoms with Gasteiger partial charge in [-0.3, -0.25) is 9.20 Å². The topological polar surface area (TPSA) is 37.6 Å². The summed E-state index contributed by atoms with van der Waals surface area (Å²) in [6.07, 6.45) is 3.69. The van der Waals surface area contributed by atoms with Gasteiger partial charge in [0.25, 0.3) is 5.91 Å². The van der Waals surface area contributed by atoms with Gasteiger partial charge in [-0.15, -0.1) is 0 Å². The number of benzene rings is 1. The maximum atomic E-state index is 13.1. The molecule has 0 saturated carbocycles. The minimum atomic E-state index is -0.0315. The number of anilines is 1. The SMILES string of the molecule is CCCc1nc2cc(C)ccn2c1C(=O)N(C)c1ccccc1. The minimum Gasteiger partial charge on any atom is -0.310 e. The molecule has 0 radical (unpaired) electrons. The fourth-order valence-electron chi connectivity index (χ4n) is 2.76. The number of aromatic nitrogens is 2. The molecule has 0 spiro atoms. The standard InChI is InChI=1S/C19H21N3O/c1-4-8-16-18(22-12-11-14(2)13-17(22)20-16)19(23)21(3)15-9-6-5-7-10-15/h5-7,9-13H,4,8H2,1-3H3. The van der Waals surface area contributed by atoms with Crippen molar-refractivity contribution in [2.75, 3.05) is 11.9 Å². The number of pyridine rings is 1. The van der Waals surface area contributed by atoms with E-state index < -0.39 is 0 Å². The molecule has 1 aromatic carbocycles. The van der Waals surface area contributed by atoms with Crippen molar-refractivity contribution >= 4 is 17.2 Å². The highest BCUT2D eigenvalue weighted by molar-refractivity contribution is 6.06. The van der Waals surface area contributed by atoms with Crippen LogP contribution in [0.3, 0.4) is 0 Å². The van der Waals surface area contributed by atoms with Crippen molar-refractivity contribution in [1.29, 1.82) is 0 Å². The molecule has 3 aromatic rings. The fraction of sp³-hybridized carbons (Fsp3) is 0.263. The number of imidazole rings is 1. The molecule has 0 fully saturated rings. The van der Waals surface area contributed by atoms with Crippen LogP contribution in [0.4, 0.5) is 5.69 Å². The van der Waals surface area contributed by atoms with E-state index in [1.165, 1.54) is 0 Å². The monoisotopic (exact) mass is 307 g/mol. The number of carbonyl (C=O) groups excluding carboxylic acids is 1. The van der Waals surface area contributed by atoms with Gasteiger partial charge >= 0.3 is 0 Å². The van der Waals surface area contributed by atoms with Crippen molar-refractivity contribution in [1.82, 2.24) is 9.38 Å². The second-order valence-corrected chi connectivity index (χ2v) is 5.79. The Morgan fingerprint density at radius 1 is 1.22 bits per heavy atom. The summed E-state index contributed by atoms with van der Waals surface area (Å²) in [5.41, 5.74) is 4.38. The zero-order valence-corrected chi connectivity index (χ0v) is 13.8. The molecule has 0 N–H and O–H groups in total. The molecule has 118 valence electrons. The highest BCUT2D eigenvalue weighted by Gasteiger charge is 2.22. The second-order valence-electron chi connectivity index (χ2n) is 5.79. The van der Waals surface area contributed by atoms with Crippen molar-refractivity contribution in [3.8, 4) is 0 Å². The van der Waals surface area contributed by atoms with Crippen molar-refractivity contribution in [3.05, 3.63) is 65.6 Å². The zero-order valence-electron chi connectivity index (χ0n) is 13.8. The summed E-state index contributed by atoms with van der Waals surface area (Å²) in [5.74, 6) is -0.0315. The first-order chi connectivity index (χ1) is 11.1. The molecule has 3 rings (SSSR count). The molecule has 0 atom stereocenters. The highest BCUT2D eigenvalue weighted by Crippen LogP contribution is 2.20. The lowest BCUT2D eigenvalue weighted by molar-refractivity contribution is 0.0986.